The van der Waals surface area contributed by atoms with Crippen molar-refractivity contribution in [3.63, 3.8) is 0 Å². The third kappa shape index (κ3) is 5.03. The highest BCUT2D eigenvalue weighted by molar-refractivity contribution is 7.89. The zero-order valence-corrected chi connectivity index (χ0v) is 21.2. The molecule has 0 bridgehead atoms. The number of benzene rings is 2. The van der Waals surface area contributed by atoms with Crippen molar-refractivity contribution in [2.24, 2.45) is 10.9 Å². The molecule has 8 nitrogen and oxygen atoms in total. The van der Waals surface area contributed by atoms with Gasteiger partial charge < -0.3 is 20.1 Å². The summed E-state index contributed by atoms with van der Waals surface area (Å²) in [5.74, 6) is 2.98. The molecule has 3 aliphatic rings. The van der Waals surface area contributed by atoms with E-state index in [9.17, 15) is 8.42 Å². The number of aliphatic imine (C=N–C) groups is 1. The third-order valence-corrected chi connectivity index (χ3v) is 8.89. The Morgan fingerprint density at radius 2 is 1.77 bits per heavy atom. The molecule has 35 heavy (non-hydrogen) atoms. The van der Waals surface area contributed by atoms with E-state index in [2.05, 4.69) is 24.5 Å². The molecule has 0 atom stereocenters. The second-order valence-electron chi connectivity index (χ2n) is 9.93. The molecule has 0 aromatic heterocycles. The zero-order valence-electron chi connectivity index (χ0n) is 20.4. The van der Waals surface area contributed by atoms with E-state index in [4.69, 9.17) is 14.5 Å². The smallest absolute Gasteiger partial charge is 0.243 e. The van der Waals surface area contributed by atoms with Crippen LogP contribution in [-0.2, 0) is 23.0 Å². The molecule has 3 aliphatic heterocycles. The summed E-state index contributed by atoms with van der Waals surface area (Å²) < 4.78 is 39.1. The van der Waals surface area contributed by atoms with Crippen molar-refractivity contribution < 1.29 is 17.9 Å². The normalized spacial score (nSPS) is 19.7. The zero-order chi connectivity index (χ0) is 24.5. The van der Waals surface area contributed by atoms with Crippen molar-refractivity contribution in [2.45, 2.75) is 50.1 Å². The molecule has 0 saturated carbocycles. The number of hydrogen-bond acceptors (Lipinski definition) is 7. The van der Waals surface area contributed by atoms with Gasteiger partial charge in [-0.2, -0.15) is 4.31 Å². The number of ether oxygens (including phenoxy) is 2. The number of piperidine rings is 1. The first kappa shape index (κ1) is 24.1. The predicted molar refractivity (Wildman–Crippen MR) is 135 cm³/mol. The Morgan fingerprint density at radius 1 is 1.06 bits per heavy atom. The van der Waals surface area contributed by atoms with E-state index >= 15 is 0 Å². The van der Waals surface area contributed by atoms with E-state index in [1.165, 1.54) is 0 Å². The number of sulfonamides is 1. The molecule has 0 aliphatic carbocycles. The maximum Gasteiger partial charge on any atom is 0.243 e. The molecule has 2 aromatic carbocycles. The first-order chi connectivity index (χ1) is 16.9. The lowest BCUT2D eigenvalue weighted by atomic mass is 9.85. The van der Waals surface area contributed by atoms with E-state index in [1.54, 1.807) is 16.4 Å². The molecule has 2 N–H and O–H groups in total. The second kappa shape index (κ2) is 9.79. The number of fused-ring (bicyclic) bond motifs is 1. The van der Waals surface area contributed by atoms with E-state index in [0.717, 1.165) is 41.4 Å². The minimum Gasteiger partial charge on any atom is -0.454 e. The van der Waals surface area contributed by atoms with Gasteiger partial charge in [-0.3, -0.25) is 4.99 Å². The van der Waals surface area contributed by atoms with Gasteiger partial charge in [0, 0.05) is 26.2 Å². The topological polar surface area (TPSA) is 92.3 Å². The van der Waals surface area contributed by atoms with Crippen LogP contribution in [0.25, 0.3) is 0 Å². The Kier molecular flexibility index (Phi) is 6.74. The van der Waals surface area contributed by atoms with Gasteiger partial charge in [-0.1, -0.05) is 32.0 Å². The molecular weight excluding hydrogens is 464 g/mol. The van der Waals surface area contributed by atoms with Crippen LogP contribution in [0, 0.1) is 5.92 Å². The first-order valence-electron chi connectivity index (χ1n) is 12.4. The first-order valence-corrected chi connectivity index (χ1v) is 13.8. The van der Waals surface area contributed by atoms with Gasteiger partial charge >= 0.3 is 0 Å². The highest BCUT2D eigenvalue weighted by atomic mass is 32.2. The maximum atomic E-state index is 13.3. The highest BCUT2D eigenvalue weighted by Crippen LogP contribution is 2.33. The quantitative estimate of drug-likeness (QED) is 0.636. The van der Waals surface area contributed by atoms with Crippen LogP contribution in [0.2, 0.25) is 0 Å². The van der Waals surface area contributed by atoms with Gasteiger partial charge in [0.2, 0.25) is 16.8 Å². The molecular formula is C26H34N4O4S. The van der Waals surface area contributed by atoms with Gasteiger partial charge in [0.05, 0.1) is 17.0 Å². The van der Waals surface area contributed by atoms with E-state index in [0.29, 0.717) is 49.8 Å². The van der Waals surface area contributed by atoms with Crippen molar-refractivity contribution in [1.29, 1.82) is 0 Å². The monoisotopic (exact) mass is 498 g/mol. The van der Waals surface area contributed by atoms with Crippen LogP contribution in [0.3, 0.4) is 0 Å². The fourth-order valence-corrected chi connectivity index (χ4v) is 6.54. The molecule has 188 valence electrons. The highest BCUT2D eigenvalue weighted by Gasteiger charge is 2.43. The van der Waals surface area contributed by atoms with Crippen LogP contribution in [0.1, 0.15) is 37.8 Å². The minimum absolute atomic E-state index is 0.257. The molecule has 5 rings (SSSR count). The molecule has 1 saturated heterocycles. The van der Waals surface area contributed by atoms with Crippen molar-refractivity contribution in [3.8, 4) is 11.5 Å². The lowest BCUT2D eigenvalue weighted by molar-refractivity contribution is 0.174. The van der Waals surface area contributed by atoms with Crippen LogP contribution < -0.4 is 20.1 Å². The Morgan fingerprint density at radius 3 is 2.51 bits per heavy atom. The van der Waals surface area contributed by atoms with Crippen molar-refractivity contribution in [2.75, 3.05) is 33.0 Å². The van der Waals surface area contributed by atoms with Crippen molar-refractivity contribution in [1.82, 2.24) is 14.9 Å². The average Bonchev–Trinajstić information content (AvgIpc) is 3.32. The summed E-state index contributed by atoms with van der Waals surface area (Å²) in [6.45, 7) is 7.60. The SMILES string of the molecule is CC(C)Cc1ccc(S(=O)(=O)N2CCC3(CC2)NCCN=C3NCc2ccc3c(c2)OCO3)cc1. The van der Waals surface area contributed by atoms with Gasteiger partial charge in [0.1, 0.15) is 5.84 Å². The van der Waals surface area contributed by atoms with Gasteiger partial charge in [-0.25, -0.2) is 8.42 Å². The molecule has 3 heterocycles. The van der Waals surface area contributed by atoms with Crippen molar-refractivity contribution >= 4 is 15.9 Å². The minimum atomic E-state index is -3.52. The summed E-state index contributed by atoms with van der Waals surface area (Å²) >= 11 is 0. The molecule has 1 fully saturated rings. The van der Waals surface area contributed by atoms with Crippen LogP contribution in [0.15, 0.2) is 52.4 Å². The van der Waals surface area contributed by atoms with Crippen LogP contribution >= 0.6 is 0 Å². The summed E-state index contributed by atoms with van der Waals surface area (Å²) in [6, 6.07) is 13.3. The average molecular weight is 499 g/mol. The van der Waals surface area contributed by atoms with Gasteiger partial charge in [0.15, 0.2) is 11.5 Å². The molecule has 2 aromatic rings. The Bertz CT molecular complexity index is 1190. The standard InChI is InChI=1S/C26H34N4O4S/c1-19(2)15-20-3-6-22(7-4-20)35(31,32)30-13-9-26(10-14-30)25(27-11-12-29-26)28-17-21-5-8-23-24(16-21)34-18-33-23/h3-8,16,19,29H,9-15,17-18H2,1-2H3,(H,27,28). The molecule has 1 spiro atoms. The number of nitrogens with one attached hydrogen (secondary N) is 2. The summed E-state index contributed by atoms with van der Waals surface area (Å²) in [6.07, 6.45) is 2.29. The number of hydrogen-bond donors (Lipinski definition) is 2. The van der Waals surface area contributed by atoms with E-state index in [-0.39, 0.29) is 12.3 Å². The van der Waals surface area contributed by atoms with Crippen LogP contribution in [-0.4, -0.2) is 57.1 Å². The van der Waals surface area contributed by atoms with Crippen LogP contribution in [0.4, 0.5) is 0 Å². The summed E-state index contributed by atoms with van der Waals surface area (Å²) in [5.41, 5.74) is 1.91. The Labute approximate surface area is 207 Å². The number of rotatable bonds is 6. The maximum absolute atomic E-state index is 13.3. The second-order valence-corrected chi connectivity index (χ2v) is 11.9. The Balaban J connectivity index is 1.24. The van der Waals surface area contributed by atoms with Gasteiger partial charge in [0.25, 0.3) is 0 Å². The predicted octanol–water partition coefficient (Wildman–Crippen LogP) is 2.93. The molecule has 9 heteroatoms. The fourth-order valence-electron chi connectivity index (χ4n) is 5.10. The van der Waals surface area contributed by atoms with Crippen molar-refractivity contribution in [3.05, 3.63) is 53.6 Å². The fraction of sp³-hybridized carbons (Fsp3) is 0.500. The summed E-state index contributed by atoms with van der Waals surface area (Å²) in [4.78, 5) is 5.16. The number of amidine groups is 1. The summed E-state index contributed by atoms with van der Waals surface area (Å²) in [5, 5.41) is 7.16. The van der Waals surface area contributed by atoms with E-state index < -0.39 is 10.0 Å². The van der Waals surface area contributed by atoms with Gasteiger partial charge in [-0.15, -0.1) is 0 Å². The largest absolute Gasteiger partial charge is 0.454 e. The molecule has 0 radical (unpaired) electrons. The third-order valence-electron chi connectivity index (χ3n) is 6.98. The molecule has 0 amide bonds. The van der Waals surface area contributed by atoms with E-state index in [1.807, 2.05) is 30.3 Å². The van der Waals surface area contributed by atoms with Gasteiger partial charge in [-0.05, 0) is 60.6 Å². The summed E-state index contributed by atoms with van der Waals surface area (Å²) in [7, 11) is -3.52. The lowest BCUT2D eigenvalue weighted by Crippen LogP contribution is -2.64. The number of nitrogens with zero attached hydrogens (tertiary/aromatic N) is 2. The molecule has 0 unspecified atom stereocenters. The van der Waals surface area contributed by atoms with Crippen LogP contribution in [0.5, 0.6) is 11.5 Å². The lowest BCUT2D eigenvalue weighted by Gasteiger charge is -2.44. The Hall–Kier alpha value is -2.62.